The van der Waals surface area contributed by atoms with Gasteiger partial charge in [0.2, 0.25) is 5.91 Å². The fourth-order valence-corrected chi connectivity index (χ4v) is 3.89. The molecule has 2 unspecified atom stereocenters. The van der Waals surface area contributed by atoms with E-state index in [2.05, 4.69) is 5.32 Å². The highest BCUT2D eigenvalue weighted by atomic mass is 19.1. The molecule has 0 aliphatic rings. The van der Waals surface area contributed by atoms with Crippen LogP contribution in [-0.4, -0.2) is 35.4 Å². The summed E-state index contributed by atoms with van der Waals surface area (Å²) in [7, 11) is 0. The summed E-state index contributed by atoms with van der Waals surface area (Å²) >= 11 is 0. The van der Waals surface area contributed by atoms with Crippen LogP contribution >= 0.6 is 0 Å². The summed E-state index contributed by atoms with van der Waals surface area (Å²) in [4.78, 5) is 28.5. The van der Waals surface area contributed by atoms with Gasteiger partial charge in [-0.25, -0.2) is 4.39 Å². The van der Waals surface area contributed by atoms with E-state index in [4.69, 9.17) is 4.74 Å². The molecule has 0 heterocycles. The van der Waals surface area contributed by atoms with Gasteiger partial charge < -0.3 is 15.0 Å². The highest BCUT2D eigenvalue weighted by Crippen LogP contribution is 2.21. The Bertz CT molecular complexity index is 1170. The molecule has 3 aromatic rings. The van der Waals surface area contributed by atoms with Crippen molar-refractivity contribution in [1.82, 2.24) is 10.2 Å². The monoisotopic (exact) mass is 490 g/mol. The van der Waals surface area contributed by atoms with E-state index in [9.17, 15) is 14.0 Å². The van der Waals surface area contributed by atoms with E-state index in [0.717, 1.165) is 23.1 Å². The number of rotatable bonds is 11. The molecule has 0 aliphatic carbocycles. The topological polar surface area (TPSA) is 58.6 Å². The molecule has 5 nitrogen and oxygen atoms in total. The summed E-state index contributed by atoms with van der Waals surface area (Å²) < 4.78 is 20.5. The predicted molar refractivity (Wildman–Crippen MR) is 140 cm³/mol. The molecule has 0 radical (unpaired) electrons. The van der Waals surface area contributed by atoms with Crippen molar-refractivity contribution in [3.8, 4) is 5.75 Å². The second-order valence-corrected chi connectivity index (χ2v) is 9.19. The maximum Gasteiger partial charge on any atom is 0.261 e. The first-order valence-electron chi connectivity index (χ1n) is 12.4. The van der Waals surface area contributed by atoms with Crippen LogP contribution in [0.4, 0.5) is 4.39 Å². The molecular weight excluding hydrogens is 455 g/mol. The Labute approximate surface area is 213 Å². The zero-order valence-electron chi connectivity index (χ0n) is 21.5. The van der Waals surface area contributed by atoms with E-state index in [-0.39, 0.29) is 31.0 Å². The average Bonchev–Trinajstić information content (AvgIpc) is 2.87. The van der Waals surface area contributed by atoms with Crippen molar-refractivity contribution >= 4 is 11.8 Å². The van der Waals surface area contributed by atoms with Gasteiger partial charge in [0.05, 0.1) is 0 Å². The van der Waals surface area contributed by atoms with Crippen LogP contribution in [-0.2, 0) is 22.6 Å². The highest BCUT2D eigenvalue weighted by Gasteiger charge is 2.31. The number of hydrogen-bond acceptors (Lipinski definition) is 3. The second kappa shape index (κ2) is 12.9. The van der Waals surface area contributed by atoms with E-state index < -0.39 is 11.9 Å². The molecule has 0 saturated carbocycles. The van der Waals surface area contributed by atoms with Crippen LogP contribution in [0.15, 0.2) is 72.8 Å². The quantitative estimate of drug-likeness (QED) is 0.393. The van der Waals surface area contributed by atoms with Crippen LogP contribution in [0.2, 0.25) is 0 Å². The van der Waals surface area contributed by atoms with Gasteiger partial charge in [-0.15, -0.1) is 0 Å². The summed E-state index contributed by atoms with van der Waals surface area (Å²) in [5.41, 5.74) is 3.17. The van der Waals surface area contributed by atoms with Crippen molar-refractivity contribution < 1.29 is 18.7 Å². The molecule has 2 atom stereocenters. The van der Waals surface area contributed by atoms with Crippen molar-refractivity contribution in [1.29, 1.82) is 0 Å². The first kappa shape index (κ1) is 26.9. The lowest BCUT2D eigenvalue weighted by atomic mass is 10.0. The van der Waals surface area contributed by atoms with E-state index in [1.165, 1.54) is 11.0 Å². The van der Waals surface area contributed by atoms with Crippen molar-refractivity contribution in [2.75, 3.05) is 6.61 Å². The maximum atomic E-state index is 14.6. The van der Waals surface area contributed by atoms with Gasteiger partial charge in [-0.2, -0.15) is 0 Å². The minimum atomic E-state index is -0.837. The van der Waals surface area contributed by atoms with Gasteiger partial charge in [-0.3, -0.25) is 9.59 Å². The van der Waals surface area contributed by atoms with Gasteiger partial charge in [0.1, 0.15) is 17.6 Å². The minimum absolute atomic E-state index is 0.0485. The number of nitrogens with one attached hydrogen (secondary N) is 1. The van der Waals surface area contributed by atoms with Crippen LogP contribution in [0.5, 0.6) is 5.75 Å². The fourth-order valence-electron chi connectivity index (χ4n) is 3.89. The van der Waals surface area contributed by atoms with Crippen LogP contribution < -0.4 is 10.1 Å². The Morgan fingerprint density at radius 1 is 1.00 bits per heavy atom. The lowest BCUT2D eigenvalue weighted by molar-refractivity contribution is -0.143. The fraction of sp³-hybridized carbons (Fsp3) is 0.333. The van der Waals surface area contributed by atoms with Crippen LogP contribution in [0.25, 0.3) is 0 Å². The van der Waals surface area contributed by atoms with E-state index in [1.54, 1.807) is 18.2 Å². The van der Waals surface area contributed by atoms with Crippen LogP contribution in [0.1, 0.15) is 42.5 Å². The number of hydrogen-bond donors (Lipinski definition) is 1. The summed E-state index contributed by atoms with van der Waals surface area (Å²) in [6, 6.07) is 20.7. The Balaban J connectivity index is 1.94. The zero-order chi connectivity index (χ0) is 26.1. The Morgan fingerprint density at radius 2 is 1.69 bits per heavy atom. The lowest BCUT2D eigenvalue weighted by Crippen LogP contribution is -2.53. The molecule has 0 saturated heterocycles. The van der Waals surface area contributed by atoms with E-state index in [0.29, 0.717) is 17.7 Å². The predicted octanol–water partition coefficient (Wildman–Crippen LogP) is 5.38. The molecule has 1 N–H and O–H groups in total. The largest absolute Gasteiger partial charge is 0.483 e. The Morgan fingerprint density at radius 3 is 2.39 bits per heavy atom. The van der Waals surface area contributed by atoms with E-state index in [1.807, 2.05) is 76.2 Å². The lowest BCUT2D eigenvalue weighted by Gasteiger charge is -2.32. The van der Waals surface area contributed by atoms with Crippen molar-refractivity contribution in [3.63, 3.8) is 0 Å². The van der Waals surface area contributed by atoms with Crippen molar-refractivity contribution in [3.05, 3.63) is 101 Å². The van der Waals surface area contributed by atoms with Gasteiger partial charge in [-0.1, -0.05) is 67.6 Å². The summed E-state index contributed by atoms with van der Waals surface area (Å²) in [6.45, 7) is 7.46. The Hall–Kier alpha value is -3.67. The van der Waals surface area contributed by atoms with Crippen LogP contribution in [0, 0.1) is 19.7 Å². The minimum Gasteiger partial charge on any atom is -0.483 e. The van der Waals surface area contributed by atoms with Crippen molar-refractivity contribution in [2.45, 2.75) is 59.2 Å². The van der Waals surface area contributed by atoms with Crippen molar-refractivity contribution in [2.24, 2.45) is 0 Å². The molecule has 3 aromatic carbocycles. The molecule has 3 rings (SSSR count). The normalized spacial score (nSPS) is 12.5. The second-order valence-electron chi connectivity index (χ2n) is 9.19. The first-order chi connectivity index (χ1) is 17.3. The van der Waals surface area contributed by atoms with Gasteiger partial charge in [0, 0.05) is 24.6 Å². The molecule has 0 aliphatic heterocycles. The van der Waals surface area contributed by atoms with Gasteiger partial charge in [0.15, 0.2) is 6.61 Å². The number of halogens is 1. The number of aryl methyl sites for hydroxylation is 2. The highest BCUT2D eigenvalue weighted by molar-refractivity contribution is 5.88. The summed E-state index contributed by atoms with van der Waals surface area (Å²) in [5.74, 6) is -0.478. The number of benzene rings is 3. The molecule has 0 spiro atoms. The number of nitrogens with zero attached hydrogens (tertiary/aromatic N) is 1. The summed E-state index contributed by atoms with van der Waals surface area (Å²) in [5, 5.41) is 3.01. The third-order valence-corrected chi connectivity index (χ3v) is 6.27. The van der Waals surface area contributed by atoms with E-state index >= 15 is 0 Å². The summed E-state index contributed by atoms with van der Waals surface area (Å²) in [6.07, 6.45) is 1.05. The third kappa shape index (κ3) is 7.41. The number of ether oxygens (including phenoxy) is 1. The standard InChI is InChI=1S/C30H35FN2O3/c1-5-23(4)32-30(35)27(18-24-11-7-6-8-12-24)33(19-25-13-9-10-14-26(25)31)29(34)20-36-28-17-21(2)15-16-22(28)3/h6-17,23,27H,5,18-20H2,1-4H3,(H,32,35). The number of carbonyl (C=O) groups is 2. The molecule has 2 amide bonds. The third-order valence-electron chi connectivity index (χ3n) is 6.27. The molecule has 6 heteroatoms. The van der Waals surface area contributed by atoms with Gasteiger partial charge >= 0.3 is 0 Å². The molecular formula is C30H35FN2O3. The molecule has 0 bridgehead atoms. The maximum absolute atomic E-state index is 14.6. The Kier molecular flexibility index (Phi) is 9.62. The molecule has 0 aromatic heterocycles. The first-order valence-corrected chi connectivity index (χ1v) is 12.4. The molecule has 36 heavy (non-hydrogen) atoms. The van der Waals surface area contributed by atoms with Gasteiger partial charge in [-0.05, 0) is 56.0 Å². The van der Waals surface area contributed by atoms with Crippen LogP contribution in [0.3, 0.4) is 0 Å². The number of carbonyl (C=O) groups excluding carboxylic acids is 2. The van der Waals surface area contributed by atoms with Gasteiger partial charge in [0.25, 0.3) is 5.91 Å². The SMILES string of the molecule is CCC(C)NC(=O)C(Cc1ccccc1)N(Cc1ccccc1F)C(=O)COc1cc(C)ccc1C. The average molecular weight is 491 g/mol. The molecule has 0 fully saturated rings. The zero-order valence-corrected chi connectivity index (χ0v) is 21.5. The molecule has 190 valence electrons. The number of amides is 2. The smallest absolute Gasteiger partial charge is 0.261 e.